The Morgan fingerprint density at radius 2 is 1.42 bits per heavy atom. The molecule has 2 unspecified atom stereocenters. The van der Waals surface area contributed by atoms with Gasteiger partial charge in [-0.1, -0.05) is 94.5 Å². The average Bonchev–Trinajstić information content (AvgIpc) is 3.31. The second-order valence-electron chi connectivity index (χ2n) is 9.29. The highest BCUT2D eigenvalue weighted by atomic mass is 16.5. The molecule has 0 N–H and O–H groups in total. The molecule has 2 atom stereocenters. The van der Waals surface area contributed by atoms with Crippen LogP contribution in [0.1, 0.15) is 52.3 Å². The second-order valence-corrected chi connectivity index (χ2v) is 9.29. The molecule has 0 aromatic heterocycles. The molecular formula is C28H34BNO. The number of hydrogen-bond donors (Lipinski definition) is 0. The van der Waals surface area contributed by atoms with Gasteiger partial charge in [-0.3, -0.25) is 0 Å². The third-order valence-electron chi connectivity index (χ3n) is 6.47. The van der Waals surface area contributed by atoms with Gasteiger partial charge in [-0.25, -0.2) is 0 Å². The zero-order valence-electron chi connectivity index (χ0n) is 19.6. The second kappa shape index (κ2) is 9.42. The van der Waals surface area contributed by atoms with Crippen molar-refractivity contribution in [2.75, 3.05) is 6.54 Å². The average molecular weight is 411 g/mol. The normalized spacial score (nSPS) is 20.4. The predicted molar refractivity (Wildman–Crippen MR) is 132 cm³/mol. The third-order valence-corrected chi connectivity index (χ3v) is 6.47. The van der Waals surface area contributed by atoms with Gasteiger partial charge in [-0.15, -0.1) is 0 Å². The fourth-order valence-corrected chi connectivity index (χ4v) is 5.14. The van der Waals surface area contributed by atoms with Crippen molar-refractivity contribution in [1.82, 2.24) is 4.81 Å². The molecule has 2 fully saturated rings. The van der Waals surface area contributed by atoms with E-state index in [9.17, 15) is 0 Å². The van der Waals surface area contributed by atoms with Gasteiger partial charge in [-0.2, -0.15) is 0 Å². The summed E-state index contributed by atoms with van der Waals surface area (Å²) in [7, 11) is 0.106. The largest absolute Gasteiger partial charge is 0.419 e. The standard InChI is InChI=1S/C20H24BNO.C8H10/c1-14-11-15(2)13-17(12-14)20-19-9-6-10-22(19)21(23-20)18-8-5-4-7-16(18)3;1-7-4-3-5-8(2)6-7/h4-5,7-8,11-13,19-20H,6,9-10H2,1-3H3;3-6H,1-2H3. The van der Waals surface area contributed by atoms with E-state index in [0.29, 0.717) is 6.04 Å². The zero-order valence-corrected chi connectivity index (χ0v) is 19.6. The first-order valence-electron chi connectivity index (χ1n) is 11.5. The molecule has 0 saturated carbocycles. The zero-order chi connectivity index (χ0) is 22.0. The van der Waals surface area contributed by atoms with Crippen molar-refractivity contribution in [2.45, 2.75) is 59.6 Å². The molecule has 2 aliphatic heterocycles. The summed E-state index contributed by atoms with van der Waals surface area (Å²) in [5, 5.41) is 0. The van der Waals surface area contributed by atoms with E-state index in [-0.39, 0.29) is 13.2 Å². The van der Waals surface area contributed by atoms with Crippen molar-refractivity contribution < 1.29 is 4.65 Å². The summed E-state index contributed by atoms with van der Waals surface area (Å²) in [6, 6.07) is 24.4. The first-order chi connectivity index (χ1) is 14.9. The monoisotopic (exact) mass is 411 g/mol. The van der Waals surface area contributed by atoms with Crippen LogP contribution in [0.3, 0.4) is 0 Å². The predicted octanol–water partition coefficient (Wildman–Crippen LogP) is 5.85. The highest BCUT2D eigenvalue weighted by molar-refractivity contribution is 6.66. The number of fused-ring (bicyclic) bond motifs is 1. The van der Waals surface area contributed by atoms with Gasteiger partial charge in [0.25, 0.3) is 0 Å². The molecule has 5 rings (SSSR count). The molecule has 2 saturated heterocycles. The molecular weight excluding hydrogens is 377 g/mol. The Kier molecular flexibility index (Phi) is 6.64. The van der Waals surface area contributed by atoms with Crippen LogP contribution in [0.25, 0.3) is 0 Å². The molecule has 2 nitrogen and oxygen atoms in total. The molecule has 2 heterocycles. The van der Waals surface area contributed by atoms with Crippen molar-refractivity contribution >= 4 is 12.5 Å². The smallest absolute Gasteiger partial charge is 0.409 e. The van der Waals surface area contributed by atoms with Crippen LogP contribution in [0.4, 0.5) is 0 Å². The van der Waals surface area contributed by atoms with Crippen molar-refractivity contribution in [2.24, 2.45) is 0 Å². The van der Waals surface area contributed by atoms with Crippen molar-refractivity contribution in [3.8, 4) is 0 Å². The van der Waals surface area contributed by atoms with Crippen LogP contribution in [-0.2, 0) is 4.65 Å². The minimum Gasteiger partial charge on any atom is -0.409 e. The van der Waals surface area contributed by atoms with E-state index < -0.39 is 0 Å². The van der Waals surface area contributed by atoms with Crippen LogP contribution < -0.4 is 5.46 Å². The van der Waals surface area contributed by atoms with Gasteiger partial charge >= 0.3 is 7.05 Å². The topological polar surface area (TPSA) is 12.5 Å². The molecule has 160 valence electrons. The van der Waals surface area contributed by atoms with Crippen LogP contribution in [0.5, 0.6) is 0 Å². The van der Waals surface area contributed by atoms with Gasteiger partial charge in [0.2, 0.25) is 0 Å². The van der Waals surface area contributed by atoms with Gasteiger partial charge in [-0.05, 0) is 65.0 Å². The van der Waals surface area contributed by atoms with E-state index in [1.165, 1.54) is 51.7 Å². The molecule has 0 bridgehead atoms. The molecule has 0 spiro atoms. The van der Waals surface area contributed by atoms with E-state index in [4.69, 9.17) is 4.65 Å². The van der Waals surface area contributed by atoms with Crippen LogP contribution in [0.2, 0.25) is 0 Å². The maximum absolute atomic E-state index is 6.62. The van der Waals surface area contributed by atoms with Crippen LogP contribution in [0.15, 0.2) is 66.7 Å². The number of rotatable bonds is 2. The Hall–Kier alpha value is -2.36. The molecule has 0 aliphatic carbocycles. The lowest BCUT2D eigenvalue weighted by Crippen LogP contribution is -2.46. The molecule has 3 aromatic carbocycles. The molecule has 2 aliphatic rings. The van der Waals surface area contributed by atoms with E-state index in [0.717, 1.165) is 6.54 Å². The third kappa shape index (κ3) is 4.94. The van der Waals surface area contributed by atoms with E-state index in [1.807, 2.05) is 0 Å². The first kappa shape index (κ1) is 21.9. The summed E-state index contributed by atoms with van der Waals surface area (Å²) in [6.45, 7) is 11.9. The minimum absolute atomic E-state index is 0.106. The summed E-state index contributed by atoms with van der Waals surface area (Å²) in [4.78, 5) is 2.57. The SMILES string of the molecule is Cc1cc(C)cc(C2OB(c3ccccc3C)N3CCCC23)c1.Cc1cccc(C)c1. The van der Waals surface area contributed by atoms with Crippen molar-refractivity contribution in [1.29, 1.82) is 0 Å². The highest BCUT2D eigenvalue weighted by Crippen LogP contribution is 2.40. The van der Waals surface area contributed by atoms with Crippen molar-refractivity contribution in [3.63, 3.8) is 0 Å². The molecule has 3 heteroatoms. The lowest BCUT2D eigenvalue weighted by Gasteiger charge is -2.21. The van der Waals surface area contributed by atoms with Gasteiger partial charge < -0.3 is 9.47 Å². The highest BCUT2D eigenvalue weighted by Gasteiger charge is 2.49. The summed E-state index contributed by atoms with van der Waals surface area (Å²) in [5.41, 5.74) is 9.32. The van der Waals surface area contributed by atoms with Gasteiger partial charge in [0, 0.05) is 6.04 Å². The number of nitrogens with zero attached hydrogens (tertiary/aromatic N) is 1. The maximum Gasteiger partial charge on any atom is 0.419 e. The van der Waals surface area contributed by atoms with Crippen LogP contribution in [0, 0.1) is 34.6 Å². The Labute approximate surface area is 188 Å². The van der Waals surface area contributed by atoms with E-state index >= 15 is 0 Å². The number of aryl methyl sites for hydroxylation is 5. The van der Waals surface area contributed by atoms with Gasteiger partial charge in [0.15, 0.2) is 0 Å². The Morgan fingerprint density at radius 1 is 0.774 bits per heavy atom. The van der Waals surface area contributed by atoms with Crippen molar-refractivity contribution in [3.05, 3.63) is 100 Å². The Balaban J connectivity index is 0.000000245. The lowest BCUT2D eigenvalue weighted by molar-refractivity contribution is 0.207. The minimum atomic E-state index is 0.106. The summed E-state index contributed by atoms with van der Waals surface area (Å²) >= 11 is 0. The van der Waals surface area contributed by atoms with Crippen LogP contribution in [-0.4, -0.2) is 24.4 Å². The Morgan fingerprint density at radius 3 is 2.03 bits per heavy atom. The summed E-state index contributed by atoms with van der Waals surface area (Å²) < 4.78 is 6.62. The van der Waals surface area contributed by atoms with Crippen LogP contribution >= 0.6 is 0 Å². The van der Waals surface area contributed by atoms with Gasteiger partial charge in [0.1, 0.15) is 0 Å². The molecule has 0 radical (unpaired) electrons. The lowest BCUT2D eigenvalue weighted by atomic mass is 9.70. The first-order valence-corrected chi connectivity index (χ1v) is 11.5. The number of hydrogen-bond acceptors (Lipinski definition) is 2. The molecule has 3 aromatic rings. The quantitative estimate of drug-likeness (QED) is 0.491. The van der Waals surface area contributed by atoms with E-state index in [2.05, 4.69) is 106 Å². The van der Waals surface area contributed by atoms with E-state index in [1.54, 1.807) is 0 Å². The fraction of sp³-hybridized carbons (Fsp3) is 0.357. The summed E-state index contributed by atoms with van der Waals surface area (Å²) in [5.74, 6) is 0. The number of benzene rings is 3. The molecule has 0 amide bonds. The molecule has 31 heavy (non-hydrogen) atoms. The van der Waals surface area contributed by atoms with Gasteiger partial charge in [0.05, 0.1) is 6.10 Å². The maximum atomic E-state index is 6.62. The summed E-state index contributed by atoms with van der Waals surface area (Å²) in [6.07, 6.45) is 2.71. The Bertz CT molecular complexity index is 1010. The fourth-order valence-electron chi connectivity index (χ4n) is 5.14.